The minimum atomic E-state index is -0.907. The Morgan fingerprint density at radius 2 is 1.64 bits per heavy atom. The Morgan fingerprint density at radius 3 is 2.43 bits per heavy atom. The first-order valence-electron chi connectivity index (χ1n) is 17.5. The zero-order valence-electron chi connectivity index (χ0n) is 27.4. The van der Waals surface area contributed by atoms with E-state index in [9.17, 15) is 14.4 Å². The van der Waals surface area contributed by atoms with Crippen molar-refractivity contribution in [1.82, 2.24) is 29.6 Å². The molecule has 11 nitrogen and oxygen atoms in total. The van der Waals surface area contributed by atoms with Crippen molar-refractivity contribution in [3.63, 3.8) is 0 Å². The summed E-state index contributed by atoms with van der Waals surface area (Å²) in [6, 6.07) is 13.9. The molecule has 4 aliphatic heterocycles. The van der Waals surface area contributed by atoms with Crippen LogP contribution < -0.4 is 10.6 Å². The van der Waals surface area contributed by atoms with Crippen molar-refractivity contribution in [3.8, 4) is 0 Å². The molecule has 7 rings (SSSR count). The molecule has 0 radical (unpaired) electrons. The number of rotatable bonds is 6. The maximum absolute atomic E-state index is 14.1. The van der Waals surface area contributed by atoms with Gasteiger partial charge in [-0.2, -0.15) is 5.10 Å². The van der Waals surface area contributed by atoms with Crippen LogP contribution in [0.5, 0.6) is 0 Å². The van der Waals surface area contributed by atoms with Crippen LogP contribution >= 0.6 is 0 Å². The molecule has 0 unspecified atom stereocenters. The number of hydrogen-bond acceptors (Lipinski definition) is 6. The molecule has 6 heterocycles. The Hall–Kier alpha value is -4.12. The van der Waals surface area contributed by atoms with Gasteiger partial charge in [-0.15, -0.1) is 0 Å². The summed E-state index contributed by atoms with van der Waals surface area (Å²) in [6.45, 7) is 7.16. The monoisotopic (exact) mass is 641 g/mol. The number of nitrogens with one attached hydrogen (secondary N) is 2. The van der Waals surface area contributed by atoms with Crippen LogP contribution in [0.25, 0.3) is 5.52 Å². The van der Waals surface area contributed by atoms with Crippen LogP contribution in [0.1, 0.15) is 55.3 Å². The Kier molecular flexibility index (Phi) is 9.33. The summed E-state index contributed by atoms with van der Waals surface area (Å²) in [5.41, 5.74) is 4.86. The maximum Gasteiger partial charge on any atom is 0.410 e. The van der Waals surface area contributed by atoms with Gasteiger partial charge in [0.15, 0.2) is 6.10 Å². The number of fused-ring (bicyclic) bond motifs is 2. The highest BCUT2D eigenvalue weighted by molar-refractivity contribution is 5.91. The highest BCUT2D eigenvalue weighted by Crippen LogP contribution is 2.31. The summed E-state index contributed by atoms with van der Waals surface area (Å²) in [6.07, 6.45) is 7.26. The van der Waals surface area contributed by atoms with Gasteiger partial charge in [0.25, 0.3) is 5.91 Å². The molecule has 0 aliphatic carbocycles. The van der Waals surface area contributed by atoms with Gasteiger partial charge in [0.05, 0.1) is 5.52 Å². The smallest absolute Gasteiger partial charge is 0.410 e. The molecule has 0 bridgehead atoms. The van der Waals surface area contributed by atoms with Crippen molar-refractivity contribution in [2.75, 3.05) is 51.1 Å². The van der Waals surface area contributed by atoms with E-state index in [1.165, 1.54) is 12.8 Å². The molecule has 0 saturated carbocycles. The fourth-order valence-electron chi connectivity index (χ4n) is 8.19. The molecular formula is C36H47N7O4. The number of hydrogen-bond donors (Lipinski definition) is 2. The van der Waals surface area contributed by atoms with Crippen LogP contribution in [-0.4, -0.2) is 100 Å². The minimum absolute atomic E-state index is 0.0393. The number of carbonyl (C=O) groups excluding carboxylic acids is 3. The van der Waals surface area contributed by atoms with E-state index in [4.69, 9.17) is 4.74 Å². The Labute approximate surface area is 276 Å². The van der Waals surface area contributed by atoms with E-state index in [0.29, 0.717) is 57.9 Å². The van der Waals surface area contributed by atoms with Crippen molar-refractivity contribution in [3.05, 3.63) is 65.5 Å². The maximum atomic E-state index is 14.1. The molecule has 47 heavy (non-hydrogen) atoms. The fourth-order valence-corrected chi connectivity index (χ4v) is 8.19. The molecule has 2 aromatic heterocycles. The second-order valence-electron chi connectivity index (χ2n) is 13.7. The summed E-state index contributed by atoms with van der Waals surface area (Å²) in [4.78, 5) is 46.4. The van der Waals surface area contributed by atoms with Gasteiger partial charge in [0.2, 0.25) is 0 Å². The minimum Gasteiger partial charge on any atom is -0.436 e. The molecule has 4 amide bonds. The quantitative estimate of drug-likeness (QED) is 0.411. The highest BCUT2D eigenvalue weighted by Gasteiger charge is 2.36. The lowest BCUT2D eigenvalue weighted by atomic mass is 9.79. The molecule has 250 valence electrons. The second-order valence-corrected chi connectivity index (χ2v) is 13.7. The first-order chi connectivity index (χ1) is 22.9. The van der Waals surface area contributed by atoms with E-state index < -0.39 is 12.2 Å². The van der Waals surface area contributed by atoms with Gasteiger partial charge in [-0.3, -0.25) is 4.79 Å². The Bertz CT molecular complexity index is 1580. The van der Waals surface area contributed by atoms with E-state index in [1.807, 2.05) is 57.6 Å². The number of nitrogens with zero attached hydrogens (tertiary/aromatic N) is 5. The van der Waals surface area contributed by atoms with Gasteiger partial charge in [0.1, 0.15) is 0 Å². The van der Waals surface area contributed by atoms with Crippen LogP contribution in [0, 0.1) is 18.8 Å². The molecule has 3 fully saturated rings. The normalized spacial score (nSPS) is 20.9. The van der Waals surface area contributed by atoms with Crippen molar-refractivity contribution in [1.29, 1.82) is 0 Å². The average molecular weight is 642 g/mol. The summed E-state index contributed by atoms with van der Waals surface area (Å²) in [5.74, 6) is 1.27. The predicted octanol–water partition coefficient (Wildman–Crippen LogP) is 4.48. The third-order valence-electron chi connectivity index (χ3n) is 10.9. The third-order valence-corrected chi connectivity index (χ3v) is 10.9. The molecule has 1 atom stereocenters. The van der Waals surface area contributed by atoms with Crippen LogP contribution in [0.15, 0.2) is 48.7 Å². The van der Waals surface area contributed by atoms with Gasteiger partial charge >= 0.3 is 12.1 Å². The summed E-state index contributed by atoms with van der Waals surface area (Å²) >= 11 is 0. The number of anilines is 1. The Balaban J connectivity index is 1.00. The summed E-state index contributed by atoms with van der Waals surface area (Å²) in [7, 11) is 0. The lowest BCUT2D eigenvalue weighted by molar-refractivity contribution is -0.142. The SMILES string of the molecule is Cc1cc(C[C@@H](OC(=O)N2CCC(N3CCc4ccccc4NC3=O)CC2)C(=O)N2CCC(C3CCNCC3)CC2)cc2ccnn12. The van der Waals surface area contributed by atoms with Gasteiger partial charge in [-0.05, 0) is 112 Å². The molecule has 1 aromatic carbocycles. The number of para-hydroxylation sites is 1. The molecule has 11 heteroatoms. The summed E-state index contributed by atoms with van der Waals surface area (Å²) < 4.78 is 7.99. The topological polar surface area (TPSA) is 112 Å². The van der Waals surface area contributed by atoms with Gasteiger partial charge in [-0.1, -0.05) is 18.2 Å². The van der Waals surface area contributed by atoms with Gasteiger partial charge in [-0.25, -0.2) is 14.1 Å². The third kappa shape index (κ3) is 6.95. The van der Waals surface area contributed by atoms with Crippen molar-refractivity contribution in [2.45, 2.75) is 70.4 Å². The molecular weight excluding hydrogens is 594 g/mol. The number of likely N-dealkylation sites (tertiary alicyclic amines) is 2. The number of ether oxygens (including phenoxy) is 1. The number of piperidine rings is 3. The van der Waals surface area contributed by atoms with Crippen molar-refractivity contribution < 1.29 is 19.1 Å². The Morgan fingerprint density at radius 1 is 0.915 bits per heavy atom. The lowest BCUT2D eigenvalue weighted by Gasteiger charge is -2.39. The van der Waals surface area contributed by atoms with E-state index in [-0.39, 0.29) is 18.0 Å². The van der Waals surface area contributed by atoms with E-state index >= 15 is 0 Å². The standard InChI is InChI=1S/C36H47N7O4/c1-25-22-26(23-31-8-16-38-43(25)31)24-33(34(44)40-17-9-28(10-18-40)27-6-14-37-15-7-27)47-36(46)41-19-12-30(13-20-41)42-21-11-29-4-2-3-5-32(29)39-35(42)45/h2-5,8,16,22-23,27-28,30,33,37H,6-7,9-15,17-21,24H2,1H3,(H,39,45)/t33-/m1/s1. The number of carbonyl (C=O) groups is 3. The van der Waals surface area contributed by atoms with E-state index in [1.54, 1.807) is 11.1 Å². The van der Waals surface area contributed by atoms with E-state index in [0.717, 1.165) is 66.3 Å². The van der Waals surface area contributed by atoms with Crippen LogP contribution in [0.3, 0.4) is 0 Å². The second kappa shape index (κ2) is 13.9. The summed E-state index contributed by atoms with van der Waals surface area (Å²) in [5, 5.41) is 10.9. The molecule has 4 aliphatic rings. The zero-order chi connectivity index (χ0) is 32.3. The molecule has 0 spiro atoms. The van der Waals surface area contributed by atoms with Gasteiger partial charge < -0.3 is 30.1 Å². The fraction of sp³-hybridized carbons (Fsp3) is 0.556. The first kappa shape index (κ1) is 31.5. The van der Waals surface area contributed by atoms with Crippen LogP contribution in [-0.2, 0) is 22.4 Å². The van der Waals surface area contributed by atoms with E-state index in [2.05, 4.69) is 21.8 Å². The van der Waals surface area contributed by atoms with Crippen molar-refractivity contribution in [2.24, 2.45) is 11.8 Å². The molecule has 2 N–H and O–H groups in total. The predicted molar refractivity (Wildman–Crippen MR) is 179 cm³/mol. The number of amides is 4. The van der Waals surface area contributed by atoms with Crippen molar-refractivity contribution >= 4 is 29.2 Å². The highest BCUT2D eigenvalue weighted by atomic mass is 16.6. The number of urea groups is 1. The number of aromatic nitrogens is 2. The number of benzene rings is 1. The van der Waals surface area contributed by atoms with Crippen LogP contribution in [0.4, 0.5) is 15.3 Å². The largest absolute Gasteiger partial charge is 0.436 e. The lowest BCUT2D eigenvalue weighted by Crippen LogP contribution is -2.52. The van der Waals surface area contributed by atoms with Crippen LogP contribution in [0.2, 0.25) is 0 Å². The molecule has 3 aromatic rings. The first-order valence-corrected chi connectivity index (χ1v) is 17.5. The average Bonchev–Trinajstić information content (AvgIpc) is 3.52. The molecule has 3 saturated heterocycles. The number of pyridine rings is 1. The zero-order valence-corrected chi connectivity index (χ0v) is 27.4. The van der Waals surface area contributed by atoms with Gasteiger partial charge in [0, 0.05) is 62.8 Å². The number of aryl methyl sites for hydroxylation is 1.